The van der Waals surface area contributed by atoms with E-state index < -0.39 is 15.1 Å². The quantitative estimate of drug-likeness (QED) is 0.922. The summed E-state index contributed by atoms with van der Waals surface area (Å²) in [5.74, 6) is 0. The largest absolute Gasteiger partial charge is 0.334 e. The summed E-state index contributed by atoms with van der Waals surface area (Å²) in [4.78, 5) is 13.5. The zero-order valence-electron chi connectivity index (χ0n) is 11.2. The number of nitrogens with zero attached hydrogens (tertiary/aromatic N) is 1. The SMILES string of the molecule is CS(=O)(=O)C1CCN(C(=O)NCc2ccc(Cl)cc2)C1. The van der Waals surface area contributed by atoms with Gasteiger partial charge in [-0.3, -0.25) is 0 Å². The summed E-state index contributed by atoms with van der Waals surface area (Å²) in [6, 6.07) is 6.97. The van der Waals surface area contributed by atoms with Gasteiger partial charge in [0.05, 0.1) is 5.25 Å². The van der Waals surface area contributed by atoms with Gasteiger partial charge < -0.3 is 10.2 Å². The number of hydrogen-bond donors (Lipinski definition) is 1. The van der Waals surface area contributed by atoms with Crippen LogP contribution in [0.2, 0.25) is 5.02 Å². The van der Waals surface area contributed by atoms with Gasteiger partial charge in [0.1, 0.15) is 0 Å². The molecule has 0 saturated carbocycles. The molecule has 2 amide bonds. The third-order valence-electron chi connectivity index (χ3n) is 3.39. The molecule has 1 heterocycles. The lowest BCUT2D eigenvalue weighted by Crippen LogP contribution is -2.39. The number of sulfone groups is 1. The van der Waals surface area contributed by atoms with Crippen LogP contribution >= 0.6 is 11.6 Å². The summed E-state index contributed by atoms with van der Waals surface area (Å²) >= 11 is 5.78. The van der Waals surface area contributed by atoms with Gasteiger partial charge in [-0.25, -0.2) is 13.2 Å². The van der Waals surface area contributed by atoms with Crippen molar-refractivity contribution in [2.24, 2.45) is 0 Å². The van der Waals surface area contributed by atoms with Gasteiger partial charge in [-0.2, -0.15) is 0 Å². The molecule has 0 spiro atoms. The molecule has 1 aliphatic heterocycles. The van der Waals surface area contributed by atoms with Gasteiger partial charge >= 0.3 is 6.03 Å². The molecule has 1 aromatic carbocycles. The van der Waals surface area contributed by atoms with Gasteiger partial charge in [0.15, 0.2) is 9.84 Å². The monoisotopic (exact) mass is 316 g/mol. The van der Waals surface area contributed by atoms with E-state index in [1.54, 1.807) is 17.0 Å². The number of hydrogen-bond acceptors (Lipinski definition) is 3. The summed E-state index contributed by atoms with van der Waals surface area (Å²) < 4.78 is 22.9. The van der Waals surface area contributed by atoms with E-state index in [0.29, 0.717) is 24.5 Å². The van der Waals surface area contributed by atoms with Crippen LogP contribution in [0.25, 0.3) is 0 Å². The first-order valence-electron chi connectivity index (χ1n) is 6.32. The molecule has 1 aliphatic rings. The zero-order chi connectivity index (χ0) is 14.8. The fourth-order valence-electron chi connectivity index (χ4n) is 2.15. The Morgan fingerprint density at radius 3 is 2.60 bits per heavy atom. The maximum atomic E-state index is 12.0. The highest BCUT2D eigenvalue weighted by Gasteiger charge is 2.32. The third kappa shape index (κ3) is 3.86. The van der Waals surface area contributed by atoms with Crippen molar-refractivity contribution in [3.05, 3.63) is 34.9 Å². The summed E-state index contributed by atoms with van der Waals surface area (Å²) in [7, 11) is -3.08. The Morgan fingerprint density at radius 1 is 1.40 bits per heavy atom. The molecular weight excluding hydrogens is 300 g/mol. The number of amides is 2. The molecule has 2 rings (SSSR count). The molecule has 1 N–H and O–H groups in total. The van der Waals surface area contributed by atoms with Crippen molar-refractivity contribution in [3.8, 4) is 0 Å². The Morgan fingerprint density at radius 2 is 2.05 bits per heavy atom. The molecular formula is C13H17ClN2O3S. The van der Waals surface area contributed by atoms with E-state index in [1.165, 1.54) is 6.26 Å². The van der Waals surface area contributed by atoms with E-state index in [1.807, 2.05) is 12.1 Å². The number of halogens is 1. The summed E-state index contributed by atoms with van der Waals surface area (Å²) in [5, 5.41) is 2.99. The van der Waals surface area contributed by atoms with Gasteiger partial charge in [0.25, 0.3) is 0 Å². The van der Waals surface area contributed by atoms with Gasteiger partial charge in [0.2, 0.25) is 0 Å². The summed E-state index contributed by atoms with van der Waals surface area (Å²) in [6.45, 7) is 1.14. The molecule has 1 fully saturated rings. The first-order chi connectivity index (χ1) is 9.36. The van der Waals surface area contributed by atoms with E-state index in [-0.39, 0.29) is 12.6 Å². The van der Waals surface area contributed by atoms with E-state index in [9.17, 15) is 13.2 Å². The van der Waals surface area contributed by atoms with Gasteiger partial charge in [0, 0.05) is 30.9 Å². The second kappa shape index (κ2) is 6.01. The van der Waals surface area contributed by atoms with Crippen molar-refractivity contribution < 1.29 is 13.2 Å². The van der Waals surface area contributed by atoms with E-state index in [2.05, 4.69) is 5.32 Å². The second-order valence-electron chi connectivity index (χ2n) is 4.97. The Kier molecular flexibility index (Phi) is 4.55. The van der Waals surface area contributed by atoms with Crippen LogP contribution in [-0.4, -0.2) is 43.9 Å². The molecule has 7 heteroatoms. The van der Waals surface area contributed by atoms with Crippen molar-refractivity contribution in [2.45, 2.75) is 18.2 Å². The van der Waals surface area contributed by atoms with Crippen LogP contribution in [0.1, 0.15) is 12.0 Å². The van der Waals surface area contributed by atoms with Crippen LogP contribution in [-0.2, 0) is 16.4 Å². The molecule has 5 nitrogen and oxygen atoms in total. The maximum Gasteiger partial charge on any atom is 0.317 e. The molecule has 1 aromatic rings. The van der Waals surface area contributed by atoms with Crippen LogP contribution in [0.3, 0.4) is 0 Å². The van der Waals surface area contributed by atoms with E-state index in [0.717, 1.165) is 5.56 Å². The smallest absolute Gasteiger partial charge is 0.317 e. The molecule has 0 radical (unpaired) electrons. The van der Waals surface area contributed by atoms with Gasteiger partial charge in [-0.05, 0) is 24.1 Å². The van der Waals surface area contributed by atoms with Crippen LogP contribution in [0.4, 0.5) is 4.79 Å². The number of likely N-dealkylation sites (tertiary alicyclic amines) is 1. The standard InChI is InChI=1S/C13H17ClN2O3S/c1-20(18,19)12-6-7-16(9-12)13(17)15-8-10-2-4-11(14)5-3-10/h2-5,12H,6-9H2,1H3,(H,15,17). The molecule has 1 atom stereocenters. The highest BCUT2D eigenvalue weighted by Crippen LogP contribution is 2.16. The zero-order valence-corrected chi connectivity index (χ0v) is 12.7. The van der Waals surface area contributed by atoms with Crippen molar-refractivity contribution >= 4 is 27.5 Å². The third-order valence-corrected chi connectivity index (χ3v) is 5.24. The lowest BCUT2D eigenvalue weighted by molar-refractivity contribution is 0.208. The van der Waals surface area contributed by atoms with Crippen LogP contribution < -0.4 is 5.32 Å². The number of urea groups is 1. The summed E-state index contributed by atoms with van der Waals surface area (Å²) in [5.41, 5.74) is 0.946. The molecule has 1 saturated heterocycles. The predicted molar refractivity (Wildman–Crippen MR) is 78.5 cm³/mol. The molecule has 0 aliphatic carbocycles. The first kappa shape index (κ1) is 15.1. The van der Waals surface area contributed by atoms with Crippen molar-refractivity contribution in [1.29, 1.82) is 0 Å². The number of carbonyl (C=O) groups is 1. The molecule has 1 unspecified atom stereocenters. The minimum absolute atomic E-state index is 0.230. The lowest BCUT2D eigenvalue weighted by atomic mass is 10.2. The average Bonchev–Trinajstić information content (AvgIpc) is 2.87. The Balaban J connectivity index is 1.86. The van der Waals surface area contributed by atoms with Crippen LogP contribution in [0.15, 0.2) is 24.3 Å². The van der Waals surface area contributed by atoms with Crippen molar-refractivity contribution in [1.82, 2.24) is 10.2 Å². The van der Waals surface area contributed by atoms with Crippen molar-refractivity contribution in [2.75, 3.05) is 19.3 Å². The van der Waals surface area contributed by atoms with E-state index in [4.69, 9.17) is 11.6 Å². The van der Waals surface area contributed by atoms with E-state index >= 15 is 0 Å². The molecule has 110 valence electrons. The topological polar surface area (TPSA) is 66.5 Å². The average molecular weight is 317 g/mol. The minimum Gasteiger partial charge on any atom is -0.334 e. The fraction of sp³-hybridized carbons (Fsp3) is 0.462. The highest BCUT2D eigenvalue weighted by molar-refractivity contribution is 7.91. The number of nitrogens with one attached hydrogen (secondary N) is 1. The number of benzene rings is 1. The van der Waals surface area contributed by atoms with Gasteiger partial charge in [-0.15, -0.1) is 0 Å². The van der Waals surface area contributed by atoms with Crippen LogP contribution in [0, 0.1) is 0 Å². The van der Waals surface area contributed by atoms with Crippen molar-refractivity contribution in [3.63, 3.8) is 0 Å². The second-order valence-corrected chi connectivity index (χ2v) is 7.73. The number of carbonyl (C=O) groups excluding carboxylic acids is 1. The summed E-state index contributed by atoms with van der Waals surface area (Å²) in [6.07, 6.45) is 1.72. The first-order valence-corrected chi connectivity index (χ1v) is 8.65. The molecule has 20 heavy (non-hydrogen) atoms. The Labute approximate surface area is 123 Å². The predicted octanol–water partition coefficient (Wildman–Crippen LogP) is 1.67. The minimum atomic E-state index is -3.08. The van der Waals surface area contributed by atoms with Crippen LogP contribution in [0.5, 0.6) is 0 Å². The molecule has 0 bridgehead atoms. The fourth-order valence-corrected chi connectivity index (χ4v) is 3.26. The Bertz CT molecular complexity index is 586. The molecule has 0 aromatic heterocycles. The maximum absolute atomic E-state index is 12.0. The van der Waals surface area contributed by atoms with Gasteiger partial charge in [-0.1, -0.05) is 23.7 Å². The normalized spacial score (nSPS) is 19.1. The lowest BCUT2D eigenvalue weighted by Gasteiger charge is -2.17. The highest BCUT2D eigenvalue weighted by atomic mass is 35.5. The number of rotatable bonds is 3. The Hall–Kier alpha value is -1.27.